The molecule has 0 radical (unpaired) electrons. The van der Waals surface area contributed by atoms with Crippen LogP contribution in [0, 0.1) is 6.92 Å². The molecule has 10 heteroatoms. The van der Waals surface area contributed by atoms with Crippen LogP contribution in [0.15, 0.2) is 47.4 Å². The number of para-hydroxylation sites is 2. The number of nitrogens with zero attached hydrogens (tertiary/aromatic N) is 3. The van der Waals surface area contributed by atoms with Crippen molar-refractivity contribution in [2.24, 2.45) is 0 Å². The number of alkyl halides is 2. The fourth-order valence-corrected chi connectivity index (χ4v) is 5.25. The van der Waals surface area contributed by atoms with Crippen molar-refractivity contribution in [1.82, 2.24) is 13.9 Å². The quantitative estimate of drug-likeness (QED) is 0.451. The average Bonchev–Trinajstić information content (AvgIpc) is 3.14. The first-order valence-corrected chi connectivity index (χ1v) is 11.6. The lowest BCUT2D eigenvalue weighted by Gasteiger charge is -2.20. The van der Waals surface area contributed by atoms with E-state index < -0.39 is 28.6 Å². The van der Waals surface area contributed by atoms with E-state index in [4.69, 9.17) is 4.74 Å². The Balaban J connectivity index is 1.93. The van der Waals surface area contributed by atoms with Crippen LogP contribution in [0.25, 0.3) is 11.0 Å². The third-order valence-electron chi connectivity index (χ3n) is 5.21. The summed E-state index contributed by atoms with van der Waals surface area (Å²) in [5.74, 6) is -0.931. The molecule has 7 nitrogen and oxygen atoms in total. The SMILES string of the molecule is CCN(CC)S(=O)(=O)c1cc(C(=O)OC(C)c2nc3ccccc3n2C(F)F)ccc1C. The molecule has 0 aliphatic carbocycles. The molecule has 0 saturated heterocycles. The topological polar surface area (TPSA) is 81.5 Å². The summed E-state index contributed by atoms with van der Waals surface area (Å²) in [7, 11) is -3.79. The highest BCUT2D eigenvalue weighted by Gasteiger charge is 2.27. The van der Waals surface area contributed by atoms with Gasteiger partial charge in [0.2, 0.25) is 10.0 Å². The fraction of sp³-hybridized carbons (Fsp3) is 0.364. The number of aryl methyl sites for hydroxylation is 1. The number of hydrogen-bond acceptors (Lipinski definition) is 5. The summed E-state index contributed by atoms with van der Waals surface area (Å²) < 4.78 is 60.7. The number of imidazole rings is 1. The maximum atomic E-state index is 13.7. The molecule has 1 aromatic heterocycles. The Kier molecular flexibility index (Phi) is 6.94. The van der Waals surface area contributed by atoms with E-state index in [1.54, 1.807) is 39.0 Å². The fourth-order valence-electron chi connectivity index (χ4n) is 3.54. The van der Waals surface area contributed by atoms with Gasteiger partial charge in [-0.1, -0.05) is 32.0 Å². The van der Waals surface area contributed by atoms with Gasteiger partial charge >= 0.3 is 12.5 Å². The summed E-state index contributed by atoms with van der Waals surface area (Å²) in [4.78, 5) is 17.0. The van der Waals surface area contributed by atoms with E-state index in [0.29, 0.717) is 11.1 Å². The van der Waals surface area contributed by atoms with Crippen molar-refractivity contribution in [1.29, 1.82) is 0 Å². The van der Waals surface area contributed by atoms with Crippen LogP contribution in [0.5, 0.6) is 0 Å². The van der Waals surface area contributed by atoms with Gasteiger partial charge in [0.25, 0.3) is 0 Å². The molecule has 1 heterocycles. The molecule has 32 heavy (non-hydrogen) atoms. The third kappa shape index (κ3) is 4.37. The molecule has 1 unspecified atom stereocenters. The number of sulfonamides is 1. The Morgan fingerprint density at radius 2 is 1.81 bits per heavy atom. The molecule has 0 fully saturated rings. The minimum atomic E-state index is -3.79. The van der Waals surface area contributed by atoms with Crippen molar-refractivity contribution in [2.75, 3.05) is 13.1 Å². The largest absolute Gasteiger partial charge is 0.451 e. The molecule has 0 aliphatic heterocycles. The number of carbonyl (C=O) groups excluding carboxylic acids is 1. The third-order valence-corrected chi connectivity index (χ3v) is 7.40. The Hall–Kier alpha value is -2.85. The van der Waals surface area contributed by atoms with Crippen LogP contribution in [-0.2, 0) is 14.8 Å². The number of esters is 1. The average molecular weight is 466 g/mol. The lowest BCUT2D eigenvalue weighted by Crippen LogP contribution is -2.31. The lowest BCUT2D eigenvalue weighted by atomic mass is 10.1. The minimum Gasteiger partial charge on any atom is -0.451 e. The molecule has 0 amide bonds. The first kappa shape index (κ1) is 23.8. The maximum Gasteiger partial charge on any atom is 0.338 e. The maximum absolute atomic E-state index is 13.7. The Labute approximate surface area is 185 Å². The number of ether oxygens (including phenoxy) is 1. The Morgan fingerprint density at radius 1 is 1.16 bits per heavy atom. The summed E-state index contributed by atoms with van der Waals surface area (Å²) in [6.45, 7) is 4.24. The van der Waals surface area contributed by atoms with Crippen LogP contribution in [0.1, 0.15) is 55.2 Å². The van der Waals surface area contributed by atoms with Crippen LogP contribution >= 0.6 is 0 Å². The number of aromatic nitrogens is 2. The highest BCUT2D eigenvalue weighted by Crippen LogP contribution is 2.29. The van der Waals surface area contributed by atoms with E-state index in [1.165, 1.54) is 35.5 Å². The van der Waals surface area contributed by atoms with Gasteiger partial charge in [0.1, 0.15) is 0 Å². The van der Waals surface area contributed by atoms with Gasteiger partial charge in [-0.25, -0.2) is 18.2 Å². The molecule has 0 aliphatic rings. The highest BCUT2D eigenvalue weighted by atomic mass is 32.2. The Morgan fingerprint density at radius 3 is 2.44 bits per heavy atom. The second kappa shape index (κ2) is 9.33. The lowest BCUT2D eigenvalue weighted by molar-refractivity contribution is 0.0233. The molecule has 0 spiro atoms. The van der Waals surface area contributed by atoms with Gasteiger partial charge in [-0.2, -0.15) is 13.1 Å². The van der Waals surface area contributed by atoms with Crippen molar-refractivity contribution in [2.45, 2.75) is 45.2 Å². The summed E-state index contributed by atoms with van der Waals surface area (Å²) >= 11 is 0. The standard InChI is InChI=1S/C22H25F2N3O4S/c1-5-26(6-2)32(29,30)19-13-16(12-11-14(19)3)21(28)31-15(4)20-25-17-9-7-8-10-18(17)27(20)22(23)24/h7-13,15,22H,5-6H2,1-4H3. The van der Waals surface area contributed by atoms with Gasteiger partial charge < -0.3 is 4.74 Å². The van der Waals surface area contributed by atoms with Gasteiger partial charge in [-0.05, 0) is 43.7 Å². The number of fused-ring (bicyclic) bond motifs is 1. The van der Waals surface area contributed by atoms with E-state index in [-0.39, 0.29) is 34.9 Å². The molecule has 172 valence electrons. The monoisotopic (exact) mass is 465 g/mol. The van der Waals surface area contributed by atoms with E-state index in [0.717, 1.165) is 4.57 Å². The summed E-state index contributed by atoms with van der Waals surface area (Å²) in [5.41, 5.74) is 1.07. The van der Waals surface area contributed by atoms with Crippen LogP contribution in [0.3, 0.4) is 0 Å². The van der Waals surface area contributed by atoms with E-state index in [2.05, 4.69) is 4.98 Å². The Bertz CT molecular complexity index is 1240. The number of halogens is 2. The first-order chi connectivity index (χ1) is 15.1. The second-order valence-corrected chi connectivity index (χ2v) is 9.13. The molecule has 1 atom stereocenters. The second-order valence-electron chi connectivity index (χ2n) is 7.22. The van der Waals surface area contributed by atoms with E-state index in [9.17, 15) is 22.0 Å². The van der Waals surface area contributed by atoms with Gasteiger partial charge in [0.05, 0.1) is 21.5 Å². The smallest absolute Gasteiger partial charge is 0.338 e. The normalized spacial score (nSPS) is 13.1. The van der Waals surface area contributed by atoms with Gasteiger partial charge in [-0.3, -0.25) is 4.57 Å². The zero-order chi connectivity index (χ0) is 23.6. The predicted molar refractivity (Wildman–Crippen MR) is 116 cm³/mol. The minimum absolute atomic E-state index is 0.00289. The van der Waals surface area contributed by atoms with Crippen LogP contribution in [0.2, 0.25) is 0 Å². The zero-order valence-electron chi connectivity index (χ0n) is 18.2. The van der Waals surface area contributed by atoms with Crippen molar-refractivity contribution in [3.8, 4) is 0 Å². The van der Waals surface area contributed by atoms with E-state index >= 15 is 0 Å². The molecule has 0 N–H and O–H groups in total. The molecular formula is C22H25F2N3O4S. The zero-order valence-corrected chi connectivity index (χ0v) is 19.1. The molecular weight excluding hydrogens is 440 g/mol. The molecule has 3 rings (SSSR count). The van der Waals surface area contributed by atoms with Crippen molar-refractivity contribution >= 4 is 27.0 Å². The van der Waals surface area contributed by atoms with Crippen molar-refractivity contribution < 1.29 is 26.7 Å². The number of carbonyl (C=O) groups is 1. The number of hydrogen-bond donors (Lipinski definition) is 0. The molecule has 2 aromatic carbocycles. The summed E-state index contributed by atoms with van der Waals surface area (Å²) in [6.07, 6.45) is -1.09. The number of benzene rings is 2. The van der Waals surface area contributed by atoms with Crippen molar-refractivity contribution in [3.05, 3.63) is 59.4 Å². The van der Waals surface area contributed by atoms with Gasteiger partial charge in [0.15, 0.2) is 11.9 Å². The molecule has 3 aromatic rings. The highest BCUT2D eigenvalue weighted by molar-refractivity contribution is 7.89. The van der Waals surface area contributed by atoms with E-state index in [1.807, 2.05) is 0 Å². The first-order valence-electron chi connectivity index (χ1n) is 10.2. The van der Waals surface area contributed by atoms with Crippen molar-refractivity contribution in [3.63, 3.8) is 0 Å². The molecule has 0 bridgehead atoms. The van der Waals surface area contributed by atoms with Crippen LogP contribution in [-0.4, -0.2) is 41.3 Å². The summed E-state index contributed by atoms with van der Waals surface area (Å²) in [5, 5.41) is 0. The summed E-state index contributed by atoms with van der Waals surface area (Å²) in [6, 6.07) is 10.6. The molecule has 0 saturated carbocycles. The van der Waals surface area contributed by atoms with Gasteiger partial charge in [0, 0.05) is 13.1 Å². The van der Waals surface area contributed by atoms with Gasteiger partial charge in [-0.15, -0.1) is 0 Å². The van der Waals surface area contributed by atoms with Crippen LogP contribution in [0.4, 0.5) is 8.78 Å². The van der Waals surface area contributed by atoms with Crippen LogP contribution < -0.4 is 0 Å². The number of rotatable bonds is 8. The predicted octanol–water partition coefficient (Wildman–Crippen LogP) is 4.69.